The molecule has 0 saturated carbocycles. The molecule has 0 aliphatic heterocycles. The van der Waals surface area contributed by atoms with Crippen LogP contribution in [0, 0.1) is 5.92 Å². The van der Waals surface area contributed by atoms with Crippen molar-refractivity contribution in [1.29, 1.82) is 0 Å². The summed E-state index contributed by atoms with van der Waals surface area (Å²) in [7, 11) is 1.68. The van der Waals surface area contributed by atoms with E-state index < -0.39 is 5.60 Å². The number of hydrogen-bond acceptors (Lipinski definition) is 3. The van der Waals surface area contributed by atoms with E-state index in [9.17, 15) is 5.11 Å². The summed E-state index contributed by atoms with van der Waals surface area (Å²) in [5, 5.41) is 13.4. The topological polar surface area (TPSA) is 41.5 Å². The molecule has 18 heavy (non-hydrogen) atoms. The summed E-state index contributed by atoms with van der Waals surface area (Å²) in [5.74, 6) is 1.14. The highest BCUT2D eigenvalue weighted by molar-refractivity contribution is 5.28. The molecule has 0 saturated heterocycles. The van der Waals surface area contributed by atoms with Crippen LogP contribution in [0.15, 0.2) is 24.3 Å². The minimum atomic E-state index is -0.644. The standard InChI is InChI=1S/C15H25NO2/c1-12(2)15(3,17)11-16-9-8-13-6-5-7-14(10-13)18-4/h5-7,10,12,16-17H,8-9,11H2,1-4H3. The molecule has 102 valence electrons. The van der Waals surface area contributed by atoms with E-state index in [0.717, 1.165) is 18.7 Å². The number of aliphatic hydroxyl groups is 1. The number of benzene rings is 1. The van der Waals surface area contributed by atoms with Gasteiger partial charge in [0, 0.05) is 6.54 Å². The lowest BCUT2D eigenvalue weighted by Crippen LogP contribution is -2.42. The van der Waals surface area contributed by atoms with Crippen LogP contribution in [0.25, 0.3) is 0 Å². The van der Waals surface area contributed by atoms with Crippen LogP contribution in [-0.2, 0) is 6.42 Å². The van der Waals surface area contributed by atoms with Crippen molar-refractivity contribution < 1.29 is 9.84 Å². The first kappa shape index (κ1) is 15.0. The maximum Gasteiger partial charge on any atom is 0.119 e. The van der Waals surface area contributed by atoms with Gasteiger partial charge in [-0.1, -0.05) is 26.0 Å². The van der Waals surface area contributed by atoms with Crippen LogP contribution in [0.2, 0.25) is 0 Å². The van der Waals surface area contributed by atoms with Gasteiger partial charge < -0.3 is 15.2 Å². The number of nitrogens with one attached hydrogen (secondary N) is 1. The number of rotatable bonds is 7. The van der Waals surface area contributed by atoms with Crippen molar-refractivity contribution in [3.05, 3.63) is 29.8 Å². The van der Waals surface area contributed by atoms with Gasteiger partial charge in [0.25, 0.3) is 0 Å². The average Bonchev–Trinajstić information content (AvgIpc) is 2.35. The van der Waals surface area contributed by atoms with Gasteiger partial charge in [0.2, 0.25) is 0 Å². The van der Waals surface area contributed by atoms with E-state index in [1.54, 1.807) is 7.11 Å². The lowest BCUT2D eigenvalue weighted by Gasteiger charge is -2.28. The molecule has 0 amide bonds. The van der Waals surface area contributed by atoms with Crippen LogP contribution in [-0.4, -0.2) is 30.9 Å². The van der Waals surface area contributed by atoms with E-state index in [1.807, 2.05) is 39.0 Å². The zero-order chi connectivity index (χ0) is 13.6. The molecular formula is C15H25NO2. The maximum absolute atomic E-state index is 10.1. The summed E-state index contributed by atoms with van der Waals surface area (Å²) >= 11 is 0. The fourth-order valence-corrected chi connectivity index (χ4v) is 1.61. The second-order valence-electron chi connectivity index (χ2n) is 5.29. The molecule has 3 heteroatoms. The lowest BCUT2D eigenvalue weighted by molar-refractivity contribution is 0.0145. The van der Waals surface area contributed by atoms with E-state index in [4.69, 9.17) is 4.74 Å². The van der Waals surface area contributed by atoms with Crippen molar-refractivity contribution in [3.63, 3.8) is 0 Å². The number of hydrogen-bond donors (Lipinski definition) is 2. The van der Waals surface area contributed by atoms with Crippen molar-refractivity contribution in [2.24, 2.45) is 5.92 Å². The molecule has 1 aromatic carbocycles. The Morgan fingerprint density at radius 3 is 2.72 bits per heavy atom. The van der Waals surface area contributed by atoms with Crippen LogP contribution >= 0.6 is 0 Å². The molecular weight excluding hydrogens is 226 g/mol. The summed E-state index contributed by atoms with van der Waals surface area (Å²) in [6, 6.07) is 8.08. The molecule has 0 aliphatic rings. The van der Waals surface area contributed by atoms with Gasteiger partial charge >= 0.3 is 0 Å². The van der Waals surface area contributed by atoms with E-state index >= 15 is 0 Å². The molecule has 0 spiro atoms. The quantitative estimate of drug-likeness (QED) is 0.730. The van der Waals surface area contributed by atoms with Crippen LogP contribution in [0.1, 0.15) is 26.3 Å². The highest BCUT2D eigenvalue weighted by Crippen LogP contribution is 2.15. The predicted octanol–water partition coefficient (Wildman–Crippen LogP) is 2.23. The van der Waals surface area contributed by atoms with Gasteiger partial charge in [0.1, 0.15) is 5.75 Å². The Balaban J connectivity index is 2.33. The van der Waals surface area contributed by atoms with Gasteiger partial charge in [-0.2, -0.15) is 0 Å². The van der Waals surface area contributed by atoms with Crippen molar-refractivity contribution >= 4 is 0 Å². The third-order valence-electron chi connectivity index (χ3n) is 3.45. The summed E-state index contributed by atoms with van der Waals surface area (Å²) in [5.41, 5.74) is 0.597. The number of methoxy groups -OCH3 is 1. The molecule has 0 aliphatic carbocycles. The zero-order valence-corrected chi connectivity index (χ0v) is 11.9. The molecule has 1 aromatic rings. The van der Waals surface area contributed by atoms with E-state index in [1.165, 1.54) is 5.56 Å². The summed E-state index contributed by atoms with van der Waals surface area (Å²) in [6.45, 7) is 7.41. The van der Waals surface area contributed by atoms with Gasteiger partial charge in [-0.05, 0) is 43.5 Å². The minimum Gasteiger partial charge on any atom is -0.497 e. The van der Waals surface area contributed by atoms with E-state index in [2.05, 4.69) is 11.4 Å². The summed E-state index contributed by atoms with van der Waals surface area (Å²) in [6.07, 6.45) is 0.936. The highest BCUT2D eigenvalue weighted by Gasteiger charge is 2.23. The third kappa shape index (κ3) is 4.67. The fraction of sp³-hybridized carbons (Fsp3) is 0.600. The second kappa shape index (κ2) is 6.76. The normalized spacial score (nSPS) is 14.6. The Labute approximate surface area is 110 Å². The lowest BCUT2D eigenvalue weighted by atomic mass is 9.92. The third-order valence-corrected chi connectivity index (χ3v) is 3.45. The zero-order valence-electron chi connectivity index (χ0n) is 11.9. The molecule has 0 fully saturated rings. The first-order valence-electron chi connectivity index (χ1n) is 6.51. The molecule has 0 radical (unpaired) electrons. The molecule has 2 N–H and O–H groups in total. The van der Waals surface area contributed by atoms with Crippen LogP contribution in [0.4, 0.5) is 0 Å². The molecule has 0 heterocycles. The molecule has 1 unspecified atom stereocenters. The Bertz CT molecular complexity index is 361. The maximum atomic E-state index is 10.1. The average molecular weight is 251 g/mol. The van der Waals surface area contributed by atoms with E-state index in [-0.39, 0.29) is 5.92 Å². The van der Waals surface area contributed by atoms with Crippen molar-refractivity contribution in [2.45, 2.75) is 32.8 Å². The molecule has 1 atom stereocenters. The highest BCUT2D eigenvalue weighted by atomic mass is 16.5. The molecule has 3 nitrogen and oxygen atoms in total. The first-order valence-corrected chi connectivity index (χ1v) is 6.51. The predicted molar refractivity (Wildman–Crippen MR) is 75.0 cm³/mol. The van der Waals surface area contributed by atoms with Gasteiger partial charge in [0.05, 0.1) is 12.7 Å². The van der Waals surface area contributed by atoms with Crippen molar-refractivity contribution in [1.82, 2.24) is 5.32 Å². The van der Waals surface area contributed by atoms with E-state index in [0.29, 0.717) is 6.54 Å². The fourth-order valence-electron chi connectivity index (χ4n) is 1.61. The minimum absolute atomic E-state index is 0.252. The Kier molecular flexibility index (Phi) is 5.63. The molecule has 0 aromatic heterocycles. The summed E-state index contributed by atoms with van der Waals surface area (Å²) in [4.78, 5) is 0. The Morgan fingerprint density at radius 2 is 2.11 bits per heavy atom. The number of ether oxygens (including phenoxy) is 1. The Hall–Kier alpha value is -1.06. The Morgan fingerprint density at radius 1 is 1.39 bits per heavy atom. The van der Waals surface area contributed by atoms with Gasteiger partial charge in [-0.25, -0.2) is 0 Å². The molecule has 0 bridgehead atoms. The summed E-state index contributed by atoms with van der Waals surface area (Å²) < 4.78 is 5.19. The van der Waals surface area contributed by atoms with Crippen LogP contribution in [0.3, 0.4) is 0 Å². The monoisotopic (exact) mass is 251 g/mol. The van der Waals surface area contributed by atoms with Gasteiger partial charge in [-0.3, -0.25) is 0 Å². The van der Waals surface area contributed by atoms with Gasteiger partial charge in [-0.15, -0.1) is 0 Å². The first-order chi connectivity index (χ1) is 8.45. The van der Waals surface area contributed by atoms with Crippen LogP contribution in [0.5, 0.6) is 5.75 Å². The second-order valence-corrected chi connectivity index (χ2v) is 5.29. The van der Waals surface area contributed by atoms with Gasteiger partial charge in [0.15, 0.2) is 0 Å². The van der Waals surface area contributed by atoms with Crippen molar-refractivity contribution in [2.75, 3.05) is 20.2 Å². The SMILES string of the molecule is COc1cccc(CCNCC(C)(O)C(C)C)c1. The molecule has 1 rings (SSSR count). The smallest absolute Gasteiger partial charge is 0.119 e. The van der Waals surface area contributed by atoms with Crippen LogP contribution < -0.4 is 10.1 Å². The largest absolute Gasteiger partial charge is 0.497 e. The van der Waals surface area contributed by atoms with Crippen molar-refractivity contribution in [3.8, 4) is 5.75 Å².